The minimum absolute atomic E-state index is 0.0133. The number of carbonyl (C=O) groups excluding carboxylic acids is 1. The van der Waals surface area contributed by atoms with Gasteiger partial charge in [0.25, 0.3) is 5.69 Å². The van der Waals surface area contributed by atoms with Crippen LogP contribution < -0.4 is 10.7 Å². The molecule has 1 aromatic rings. The van der Waals surface area contributed by atoms with Crippen molar-refractivity contribution in [2.45, 2.75) is 18.9 Å². The van der Waals surface area contributed by atoms with Crippen LogP contribution in [-0.2, 0) is 4.74 Å². The number of hydrazone groups is 1. The summed E-state index contributed by atoms with van der Waals surface area (Å²) < 4.78 is 5.38. The van der Waals surface area contributed by atoms with Gasteiger partial charge < -0.3 is 10.1 Å². The maximum Gasteiger partial charge on any atom is 0.335 e. The van der Waals surface area contributed by atoms with Crippen molar-refractivity contribution in [2.24, 2.45) is 5.10 Å². The summed E-state index contributed by atoms with van der Waals surface area (Å²) in [5.74, 6) is 0. The van der Waals surface area contributed by atoms with Crippen LogP contribution in [0.3, 0.4) is 0 Å². The first-order valence-electron chi connectivity index (χ1n) is 7.25. The highest BCUT2D eigenvalue weighted by atomic mass is 16.6. The van der Waals surface area contributed by atoms with Crippen LogP contribution in [0.1, 0.15) is 18.4 Å². The van der Waals surface area contributed by atoms with Gasteiger partial charge in [-0.3, -0.25) is 10.1 Å². The summed E-state index contributed by atoms with van der Waals surface area (Å²) in [7, 11) is 0. The van der Waals surface area contributed by atoms with Gasteiger partial charge in [-0.1, -0.05) is 12.1 Å². The van der Waals surface area contributed by atoms with Crippen LogP contribution in [0.15, 0.2) is 35.4 Å². The quantitative estimate of drug-likeness (QED) is 0.476. The highest BCUT2D eigenvalue weighted by Gasteiger charge is 2.15. The molecule has 8 nitrogen and oxygen atoms in total. The molecule has 0 radical (unpaired) electrons. The van der Waals surface area contributed by atoms with E-state index in [0.717, 1.165) is 19.4 Å². The predicted molar refractivity (Wildman–Crippen MR) is 86.1 cm³/mol. The van der Waals surface area contributed by atoms with Gasteiger partial charge in [-0.2, -0.15) is 5.10 Å². The molecule has 122 valence electrons. The summed E-state index contributed by atoms with van der Waals surface area (Å²) >= 11 is 0. The Balaban J connectivity index is 1.75. The van der Waals surface area contributed by atoms with Gasteiger partial charge in [0.15, 0.2) is 0 Å². The van der Waals surface area contributed by atoms with E-state index in [4.69, 9.17) is 4.74 Å². The second-order valence-corrected chi connectivity index (χ2v) is 4.91. The second-order valence-electron chi connectivity index (χ2n) is 4.91. The van der Waals surface area contributed by atoms with Crippen molar-refractivity contribution in [3.05, 3.63) is 46.0 Å². The van der Waals surface area contributed by atoms with E-state index in [-0.39, 0.29) is 11.8 Å². The standard InChI is InChI=1S/C15H18N4O4/c20-15(16-11-13-7-4-10-23-13)18-17-9-3-6-12-5-1-2-8-14(12)19(21)22/h1-3,5-6,8-9,13H,4,7,10-11H2,(H2,16,18,20)/b6-3-,17-9?/t13-/m1/s1. The van der Waals surface area contributed by atoms with Gasteiger partial charge in [-0.25, -0.2) is 10.2 Å². The number of para-hydroxylation sites is 1. The Hall–Kier alpha value is -2.74. The summed E-state index contributed by atoms with van der Waals surface area (Å²) in [5.41, 5.74) is 2.79. The number of benzene rings is 1. The van der Waals surface area contributed by atoms with Crippen LogP contribution in [0.5, 0.6) is 0 Å². The van der Waals surface area contributed by atoms with Crippen molar-refractivity contribution in [2.75, 3.05) is 13.2 Å². The number of nitrogens with zero attached hydrogens (tertiary/aromatic N) is 2. The van der Waals surface area contributed by atoms with Gasteiger partial charge in [0.1, 0.15) is 0 Å². The number of nitro benzene ring substituents is 1. The number of urea groups is 1. The average Bonchev–Trinajstić information content (AvgIpc) is 3.06. The van der Waals surface area contributed by atoms with Crippen LogP contribution in [0.4, 0.5) is 10.5 Å². The molecule has 0 saturated carbocycles. The van der Waals surface area contributed by atoms with Crippen LogP contribution >= 0.6 is 0 Å². The van der Waals surface area contributed by atoms with Gasteiger partial charge in [0, 0.05) is 25.4 Å². The number of carbonyl (C=O) groups is 1. The molecule has 0 bridgehead atoms. The predicted octanol–water partition coefficient (Wildman–Crippen LogP) is 2.07. The minimum atomic E-state index is -0.451. The molecule has 0 aromatic heterocycles. The number of allylic oxidation sites excluding steroid dienone is 1. The Bertz CT molecular complexity index is 609. The van der Waals surface area contributed by atoms with E-state index >= 15 is 0 Å². The zero-order valence-electron chi connectivity index (χ0n) is 12.5. The molecule has 0 unspecified atom stereocenters. The fourth-order valence-corrected chi connectivity index (χ4v) is 2.13. The minimum Gasteiger partial charge on any atom is -0.376 e. The van der Waals surface area contributed by atoms with Crippen LogP contribution in [-0.4, -0.2) is 36.4 Å². The van der Waals surface area contributed by atoms with Crippen molar-refractivity contribution in [3.63, 3.8) is 0 Å². The molecule has 1 aliphatic rings. The lowest BCUT2D eigenvalue weighted by molar-refractivity contribution is -0.385. The fraction of sp³-hybridized carbons (Fsp3) is 0.333. The Morgan fingerprint density at radius 1 is 1.48 bits per heavy atom. The van der Waals surface area contributed by atoms with Gasteiger partial charge in [0.05, 0.1) is 16.6 Å². The highest BCUT2D eigenvalue weighted by Crippen LogP contribution is 2.18. The van der Waals surface area contributed by atoms with Gasteiger partial charge in [-0.15, -0.1) is 0 Å². The molecular formula is C15H18N4O4. The number of ether oxygens (including phenoxy) is 1. The van der Waals surface area contributed by atoms with Crippen LogP contribution in [0.2, 0.25) is 0 Å². The molecule has 1 aliphatic heterocycles. The van der Waals surface area contributed by atoms with Crippen molar-refractivity contribution in [1.29, 1.82) is 0 Å². The Morgan fingerprint density at radius 2 is 2.30 bits per heavy atom. The SMILES string of the molecule is O=C(NC[C@H]1CCCO1)NN=C/C=C\c1ccccc1[N+](=O)[O-]. The Kier molecular flexibility index (Phi) is 6.25. The number of nitrogens with one attached hydrogen (secondary N) is 2. The first-order chi connectivity index (χ1) is 11.2. The first kappa shape index (κ1) is 16.6. The summed E-state index contributed by atoms with van der Waals surface area (Å²) in [6.45, 7) is 1.19. The zero-order valence-corrected chi connectivity index (χ0v) is 12.5. The molecule has 1 atom stereocenters. The molecule has 0 aliphatic carbocycles. The van der Waals surface area contributed by atoms with Crippen molar-refractivity contribution < 1.29 is 14.5 Å². The molecule has 2 rings (SSSR count). The zero-order chi connectivity index (χ0) is 16.5. The van der Waals surface area contributed by atoms with Gasteiger partial charge >= 0.3 is 6.03 Å². The van der Waals surface area contributed by atoms with E-state index in [0.29, 0.717) is 12.1 Å². The monoisotopic (exact) mass is 318 g/mol. The van der Waals surface area contributed by atoms with E-state index in [1.807, 2.05) is 0 Å². The lowest BCUT2D eigenvalue weighted by atomic mass is 10.2. The summed E-state index contributed by atoms with van der Waals surface area (Å²) in [6.07, 6.45) is 6.45. The molecule has 1 aromatic carbocycles. The molecular weight excluding hydrogens is 300 g/mol. The van der Waals surface area contributed by atoms with Crippen LogP contribution in [0, 0.1) is 10.1 Å². The van der Waals surface area contributed by atoms with Gasteiger partial charge in [0.2, 0.25) is 0 Å². The average molecular weight is 318 g/mol. The van der Waals surface area contributed by atoms with Crippen molar-refractivity contribution >= 4 is 24.0 Å². The maximum atomic E-state index is 11.5. The topological polar surface area (TPSA) is 106 Å². The summed E-state index contributed by atoms with van der Waals surface area (Å²) in [6, 6.07) is 5.94. The van der Waals surface area contributed by atoms with Gasteiger partial charge in [-0.05, 0) is 31.1 Å². The van der Waals surface area contributed by atoms with Crippen LogP contribution in [0.25, 0.3) is 6.08 Å². The molecule has 8 heteroatoms. The number of hydrogen-bond acceptors (Lipinski definition) is 5. The highest BCUT2D eigenvalue weighted by molar-refractivity contribution is 5.81. The number of nitro groups is 1. The van der Waals surface area contributed by atoms with Crippen molar-refractivity contribution in [3.8, 4) is 0 Å². The number of amides is 2. The van der Waals surface area contributed by atoms with E-state index in [1.54, 1.807) is 24.3 Å². The largest absolute Gasteiger partial charge is 0.376 e. The summed E-state index contributed by atoms with van der Waals surface area (Å²) in [4.78, 5) is 21.9. The molecule has 23 heavy (non-hydrogen) atoms. The third kappa shape index (κ3) is 5.51. The van der Waals surface area contributed by atoms with Crippen molar-refractivity contribution in [1.82, 2.24) is 10.7 Å². The lowest BCUT2D eigenvalue weighted by Crippen LogP contribution is -2.37. The normalized spacial score (nSPS) is 17.7. The second kappa shape index (κ2) is 8.64. The maximum absolute atomic E-state index is 11.5. The molecule has 1 saturated heterocycles. The fourth-order valence-electron chi connectivity index (χ4n) is 2.13. The molecule has 0 spiro atoms. The molecule has 2 amide bonds. The summed E-state index contributed by atoms with van der Waals surface area (Å²) in [5, 5.41) is 17.2. The van der Waals surface area contributed by atoms with E-state index in [1.165, 1.54) is 18.4 Å². The Labute approximate surface area is 133 Å². The molecule has 1 fully saturated rings. The molecule has 2 N–H and O–H groups in total. The third-order valence-corrected chi connectivity index (χ3v) is 3.25. The van der Waals surface area contributed by atoms with E-state index in [9.17, 15) is 14.9 Å². The number of rotatable bonds is 6. The Morgan fingerprint density at radius 3 is 3.04 bits per heavy atom. The number of hydrogen-bond donors (Lipinski definition) is 2. The first-order valence-corrected chi connectivity index (χ1v) is 7.25. The molecule has 1 heterocycles. The lowest BCUT2D eigenvalue weighted by Gasteiger charge is -2.09. The van der Waals surface area contributed by atoms with E-state index < -0.39 is 11.0 Å². The third-order valence-electron chi connectivity index (χ3n) is 3.25. The smallest absolute Gasteiger partial charge is 0.335 e. The van der Waals surface area contributed by atoms with E-state index in [2.05, 4.69) is 15.8 Å².